The third-order valence-corrected chi connectivity index (χ3v) is 9.35. The van der Waals surface area contributed by atoms with E-state index in [1.807, 2.05) is 24.3 Å². The molecule has 0 aliphatic carbocycles. The third kappa shape index (κ3) is 7.62. The van der Waals surface area contributed by atoms with E-state index in [2.05, 4.69) is 25.6 Å². The number of aromatic nitrogens is 2. The van der Waals surface area contributed by atoms with Crippen LogP contribution in [-0.4, -0.2) is 92.0 Å². The third-order valence-electron chi connectivity index (χ3n) is 9.35. The first-order valence-electron chi connectivity index (χ1n) is 16.5. The number of rotatable bonds is 10. The molecule has 5 N–H and O–H groups in total. The molecule has 0 bridgehead atoms. The van der Waals surface area contributed by atoms with Crippen LogP contribution in [0.5, 0.6) is 0 Å². The summed E-state index contributed by atoms with van der Waals surface area (Å²) in [6.45, 7) is 0.682. The number of piperidine rings is 2. The van der Waals surface area contributed by atoms with E-state index < -0.39 is 42.8 Å². The summed E-state index contributed by atoms with van der Waals surface area (Å²) < 4.78 is 29.6. The molecule has 50 heavy (non-hydrogen) atoms. The van der Waals surface area contributed by atoms with Crippen LogP contribution >= 0.6 is 0 Å². The molecule has 2 saturated heterocycles. The van der Waals surface area contributed by atoms with Gasteiger partial charge < -0.3 is 31.3 Å². The molecule has 2 unspecified atom stereocenters. The summed E-state index contributed by atoms with van der Waals surface area (Å²) in [5.74, 6) is -6.29. The van der Waals surface area contributed by atoms with E-state index in [0.717, 1.165) is 11.0 Å². The van der Waals surface area contributed by atoms with E-state index >= 15 is 0 Å². The molecule has 1 aromatic heterocycles. The monoisotopic (exact) mass is 688 g/mol. The molecule has 2 fully saturated rings. The minimum atomic E-state index is -3.76. The van der Waals surface area contributed by atoms with Gasteiger partial charge >= 0.3 is 5.92 Å². The predicted molar refractivity (Wildman–Crippen MR) is 179 cm³/mol. The Kier molecular flexibility index (Phi) is 10.1. The number of aliphatic imine (C=N–C) groups is 1. The highest BCUT2D eigenvalue weighted by Crippen LogP contribution is 2.29. The normalized spacial score (nSPS) is 20.3. The lowest BCUT2D eigenvalue weighted by Crippen LogP contribution is -2.55. The van der Waals surface area contributed by atoms with Crippen molar-refractivity contribution in [1.29, 1.82) is 0 Å². The van der Waals surface area contributed by atoms with E-state index in [0.29, 0.717) is 60.3 Å². The van der Waals surface area contributed by atoms with E-state index in [1.54, 1.807) is 30.6 Å². The van der Waals surface area contributed by atoms with Gasteiger partial charge in [0.15, 0.2) is 0 Å². The minimum Gasteiger partial charge on any atom is -0.404 e. The van der Waals surface area contributed by atoms with Gasteiger partial charge in [0.2, 0.25) is 11.8 Å². The first-order chi connectivity index (χ1) is 24.0. The van der Waals surface area contributed by atoms with Gasteiger partial charge in [0.1, 0.15) is 6.23 Å². The number of nitrogens with zero attached hydrogens (tertiary/aromatic N) is 5. The van der Waals surface area contributed by atoms with Crippen LogP contribution in [0, 0.1) is 0 Å². The zero-order valence-electron chi connectivity index (χ0n) is 27.2. The number of fused-ring (bicyclic) bond motifs is 2. The molecule has 262 valence electrons. The summed E-state index contributed by atoms with van der Waals surface area (Å²) in [7, 11) is 0. The Morgan fingerprint density at radius 1 is 1.12 bits per heavy atom. The molecule has 13 nitrogen and oxygen atoms in total. The number of halogens is 2. The van der Waals surface area contributed by atoms with Crippen molar-refractivity contribution < 1.29 is 33.1 Å². The van der Waals surface area contributed by atoms with E-state index in [4.69, 9.17) is 5.73 Å². The quantitative estimate of drug-likeness (QED) is 0.234. The smallest absolute Gasteiger partial charge is 0.325 e. The lowest BCUT2D eigenvalue weighted by Gasteiger charge is -2.35. The van der Waals surface area contributed by atoms with Gasteiger partial charge in [-0.25, -0.2) is 4.98 Å². The SMILES string of the molecule is NC=C(C=NC1CCN(C(=O)CCC(F)(F)C(=O)NCc2ccc3c(c2)CN(C2CCC(=O)NC2O)C3=O)CC1)c1cnc2ccccc2n1. The molecule has 0 spiro atoms. The number of para-hydroxylation sites is 2. The maximum Gasteiger partial charge on any atom is 0.325 e. The number of benzene rings is 2. The highest BCUT2D eigenvalue weighted by Gasteiger charge is 2.41. The molecular weight excluding hydrogens is 650 g/mol. The summed E-state index contributed by atoms with van der Waals surface area (Å²) in [6.07, 6.45) is 3.67. The van der Waals surface area contributed by atoms with Gasteiger partial charge in [-0.3, -0.25) is 29.2 Å². The standard InChI is InChI=1S/C35H38F2N8O5/c36-35(37,34(50)41-17-21-5-6-25-22(15-21)20-45(33(25)49)29-7-8-30(46)43-32(29)48)12-9-31(47)44-13-10-24(11-14-44)39-18-23(16-38)28-19-40-26-3-1-2-4-27(26)42-28/h1-6,15-16,18-19,24,29,32,48H,7-14,17,20,38H2,(H,41,50)(H,43,46). The van der Waals surface area contributed by atoms with Crippen molar-refractivity contribution in [2.24, 2.45) is 10.7 Å². The fourth-order valence-electron chi connectivity index (χ4n) is 6.46. The molecule has 0 radical (unpaired) electrons. The molecule has 2 aromatic carbocycles. The van der Waals surface area contributed by atoms with Gasteiger partial charge in [-0.05, 0) is 48.6 Å². The average molecular weight is 689 g/mol. The highest BCUT2D eigenvalue weighted by atomic mass is 19.3. The molecule has 15 heteroatoms. The number of hydrogen-bond donors (Lipinski definition) is 4. The Bertz CT molecular complexity index is 1860. The molecule has 0 saturated carbocycles. The number of aliphatic hydroxyl groups excluding tert-OH is 1. The predicted octanol–water partition coefficient (Wildman–Crippen LogP) is 2.28. The van der Waals surface area contributed by atoms with Crippen LogP contribution in [0.3, 0.4) is 0 Å². The fourth-order valence-corrected chi connectivity index (χ4v) is 6.46. The number of carbonyl (C=O) groups is 4. The second kappa shape index (κ2) is 14.7. The number of alkyl halides is 2. The van der Waals surface area contributed by atoms with Crippen molar-refractivity contribution in [2.45, 2.75) is 75.8 Å². The van der Waals surface area contributed by atoms with Crippen molar-refractivity contribution in [2.75, 3.05) is 13.1 Å². The van der Waals surface area contributed by atoms with Crippen LogP contribution in [0.25, 0.3) is 16.6 Å². The molecule has 3 aromatic rings. The van der Waals surface area contributed by atoms with Crippen molar-refractivity contribution in [3.8, 4) is 0 Å². The first kappa shape index (κ1) is 34.5. The number of allylic oxidation sites excluding steroid dienone is 1. The summed E-state index contributed by atoms with van der Waals surface area (Å²) in [4.78, 5) is 66.3. The Balaban J connectivity index is 0.944. The topological polar surface area (TPSA) is 183 Å². The van der Waals surface area contributed by atoms with Gasteiger partial charge in [-0.1, -0.05) is 24.3 Å². The van der Waals surface area contributed by atoms with Crippen molar-refractivity contribution in [3.05, 3.63) is 77.2 Å². The largest absolute Gasteiger partial charge is 0.404 e. The summed E-state index contributed by atoms with van der Waals surface area (Å²) >= 11 is 0. The first-order valence-corrected chi connectivity index (χ1v) is 16.5. The number of likely N-dealkylation sites (tertiary alicyclic amines) is 1. The molecule has 6 rings (SSSR count). The zero-order chi connectivity index (χ0) is 35.4. The molecule has 3 aliphatic rings. The number of nitrogens with one attached hydrogen (secondary N) is 2. The maximum absolute atomic E-state index is 14.8. The number of amides is 4. The lowest BCUT2D eigenvalue weighted by molar-refractivity contribution is -0.148. The Morgan fingerprint density at radius 3 is 2.62 bits per heavy atom. The summed E-state index contributed by atoms with van der Waals surface area (Å²) in [6, 6.07) is 11.6. The lowest BCUT2D eigenvalue weighted by atomic mass is 10.0. The highest BCUT2D eigenvalue weighted by molar-refractivity contribution is 6.09. The second-order valence-electron chi connectivity index (χ2n) is 12.7. The molecule has 3 aliphatic heterocycles. The second-order valence-corrected chi connectivity index (χ2v) is 12.7. The number of hydrogen-bond acceptors (Lipinski definition) is 9. The molecule has 2 atom stereocenters. The Morgan fingerprint density at radius 2 is 1.88 bits per heavy atom. The fraction of sp³-hybridized carbons (Fsp3) is 0.400. The van der Waals surface area contributed by atoms with Crippen LogP contribution in [0.1, 0.15) is 65.7 Å². The van der Waals surface area contributed by atoms with Crippen LogP contribution in [0.4, 0.5) is 8.78 Å². The number of aliphatic hydroxyl groups is 1. The average Bonchev–Trinajstić information content (AvgIpc) is 3.44. The number of nitrogens with two attached hydrogens (primary N) is 1. The van der Waals surface area contributed by atoms with Gasteiger partial charge in [0, 0.05) is 69.0 Å². The Hall–Kier alpha value is -5.31. The van der Waals surface area contributed by atoms with Gasteiger partial charge in [-0.2, -0.15) is 8.78 Å². The molecular formula is C35H38F2N8O5. The van der Waals surface area contributed by atoms with Gasteiger partial charge in [0.05, 0.1) is 35.0 Å². The number of carbonyl (C=O) groups excluding carboxylic acids is 4. The van der Waals surface area contributed by atoms with Crippen molar-refractivity contribution in [1.82, 2.24) is 30.4 Å². The molecule has 4 amide bonds. The van der Waals surface area contributed by atoms with Crippen LogP contribution in [0.15, 0.2) is 59.9 Å². The van der Waals surface area contributed by atoms with Crippen LogP contribution in [0.2, 0.25) is 0 Å². The zero-order valence-corrected chi connectivity index (χ0v) is 27.2. The summed E-state index contributed by atoms with van der Waals surface area (Å²) in [5.41, 5.74) is 10.1. The van der Waals surface area contributed by atoms with Crippen molar-refractivity contribution in [3.63, 3.8) is 0 Å². The van der Waals surface area contributed by atoms with Crippen LogP contribution < -0.4 is 16.4 Å². The van der Waals surface area contributed by atoms with E-state index in [-0.39, 0.29) is 37.4 Å². The Labute approximate surface area is 286 Å². The maximum atomic E-state index is 14.8. The minimum absolute atomic E-state index is 0.0865. The van der Waals surface area contributed by atoms with Gasteiger partial charge in [0.25, 0.3) is 11.8 Å². The summed E-state index contributed by atoms with van der Waals surface area (Å²) in [5, 5.41) is 14.9. The van der Waals surface area contributed by atoms with Crippen molar-refractivity contribution >= 4 is 46.4 Å². The van der Waals surface area contributed by atoms with E-state index in [1.165, 1.54) is 16.0 Å². The molecule has 4 heterocycles. The van der Waals surface area contributed by atoms with Crippen LogP contribution in [-0.2, 0) is 27.5 Å². The van der Waals surface area contributed by atoms with Gasteiger partial charge in [-0.15, -0.1) is 0 Å². The van der Waals surface area contributed by atoms with E-state index in [9.17, 15) is 33.1 Å².